The third kappa shape index (κ3) is 3.49. The highest BCUT2D eigenvalue weighted by Gasteiger charge is 2.26. The maximum Gasteiger partial charge on any atom is 0.143 e. The Morgan fingerprint density at radius 1 is 0.939 bits per heavy atom. The third-order valence-corrected chi connectivity index (χ3v) is 6.29. The largest absolute Gasteiger partial charge is 0.359 e. The first kappa shape index (κ1) is 19.8. The molecular formula is C27H26N6. The van der Waals surface area contributed by atoms with Crippen LogP contribution in [0, 0.1) is 0 Å². The van der Waals surface area contributed by atoms with Crippen LogP contribution < -0.4 is 16.0 Å². The second-order valence-corrected chi connectivity index (χ2v) is 8.87. The van der Waals surface area contributed by atoms with Gasteiger partial charge in [-0.3, -0.25) is 10.1 Å². The van der Waals surface area contributed by atoms with Crippen LogP contribution >= 0.6 is 0 Å². The highest BCUT2D eigenvalue weighted by Crippen LogP contribution is 2.40. The second-order valence-electron chi connectivity index (χ2n) is 8.87. The molecule has 6 heteroatoms. The van der Waals surface area contributed by atoms with Gasteiger partial charge in [0.1, 0.15) is 11.9 Å². The minimum atomic E-state index is -0.102. The van der Waals surface area contributed by atoms with Crippen LogP contribution in [0.2, 0.25) is 0 Å². The molecule has 0 saturated carbocycles. The summed E-state index contributed by atoms with van der Waals surface area (Å²) in [7, 11) is 0. The highest BCUT2D eigenvalue weighted by molar-refractivity contribution is 5.98. The zero-order valence-electron chi connectivity index (χ0n) is 18.7. The minimum Gasteiger partial charge on any atom is -0.359 e. The molecule has 5 aromatic rings. The van der Waals surface area contributed by atoms with Crippen molar-refractivity contribution in [2.24, 2.45) is 0 Å². The smallest absolute Gasteiger partial charge is 0.143 e. The number of hydrogen-bond acceptors (Lipinski definition) is 5. The summed E-state index contributed by atoms with van der Waals surface area (Å²) < 4.78 is 0. The lowest BCUT2D eigenvalue weighted by Crippen LogP contribution is -2.22. The maximum atomic E-state index is 4.68. The first-order valence-electron chi connectivity index (χ1n) is 11.4. The fourth-order valence-corrected chi connectivity index (χ4v) is 4.59. The molecule has 6 rings (SSSR count). The van der Waals surface area contributed by atoms with Gasteiger partial charge >= 0.3 is 0 Å². The molecule has 33 heavy (non-hydrogen) atoms. The molecule has 3 aromatic carbocycles. The van der Waals surface area contributed by atoms with Crippen LogP contribution in [0.15, 0.2) is 73.1 Å². The van der Waals surface area contributed by atoms with Gasteiger partial charge in [-0.1, -0.05) is 56.3 Å². The number of nitrogens with one attached hydrogen (secondary N) is 4. The number of hydrogen-bond donors (Lipinski definition) is 4. The molecule has 0 spiro atoms. The van der Waals surface area contributed by atoms with Gasteiger partial charge in [-0.25, -0.2) is 0 Å². The molecule has 1 aliphatic heterocycles. The van der Waals surface area contributed by atoms with Crippen molar-refractivity contribution in [3.05, 3.63) is 84.3 Å². The van der Waals surface area contributed by atoms with Gasteiger partial charge in [0.05, 0.1) is 16.9 Å². The van der Waals surface area contributed by atoms with Crippen molar-refractivity contribution < 1.29 is 0 Å². The van der Waals surface area contributed by atoms with Gasteiger partial charge in [0, 0.05) is 41.3 Å². The van der Waals surface area contributed by atoms with Gasteiger partial charge < -0.3 is 16.0 Å². The number of nitrogens with zero attached hydrogens (tertiary/aromatic N) is 2. The van der Waals surface area contributed by atoms with Crippen molar-refractivity contribution in [1.82, 2.24) is 20.5 Å². The summed E-state index contributed by atoms with van der Waals surface area (Å²) in [5.41, 5.74) is 7.72. The Bertz CT molecular complexity index is 1460. The maximum absolute atomic E-state index is 4.68. The number of pyridine rings is 1. The summed E-state index contributed by atoms with van der Waals surface area (Å²) in [6.07, 6.45) is 3.75. The van der Waals surface area contributed by atoms with Crippen LogP contribution in [0.1, 0.15) is 31.3 Å². The van der Waals surface area contributed by atoms with Crippen molar-refractivity contribution in [3.63, 3.8) is 0 Å². The van der Waals surface area contributed by atoms with Gasteiger partial charge in [0.25, 0.3) is 0 Å². The van der Waals surface area contributed by atoms with E-state index < -0.39 is 0 Å². The summed E-state index contributed by atoms with van der Waals surface area (Å²) in [5.74, 6) is 0. The number of aromatic nitrogens is 3. The number of rotatable bonds is 5. The van der Waals surface area contributed by atoms with E-state index in [9.17, 15) is 0 Å². The Kier molecular flexibility index (Phi) is 4.73. The number of fused-ring (bicyclic) bond motifs is 3. The molecule has 0 saturated heterocycles. The monoisotopic (exact) mass is 434 g/mol. The zero-order valence-corrected chi connectivity index (χ0v) is 18.7. The molecule has 2 aromatic heterocycles. The predicted molar refractivity (Wildman–Crippen MR) is 135 cm³/mol. The van der Waals surface area contributed by atoms with Gasteiger partial charge in [-0.05, 0) is 34.7 Å². The van der Waals surface area contributed by atoms with E-state index >= 15 is 0 Å². The molecule has 6 nitrogen and oxygen atoms in total. The lowest BCUT2D eigenvalue weighted by atomic mass is 9.99. The summed E-state index contributed by atoms with van der Waals surface area (Å²) in [4.78, 5) is 4.47. The molecule has 0 radical (unpaired) electrons. The van der Waals surface area contributed by atoms with Crippen LogP contribution in [0.3, 0.4) is 0 Å². The molecule has 164 valence electrons. The summed E-state index contributed by atoms with van der Waals surface area (Å²) in [5, 5.41) is 22.1. The van der Waals surface area contributed by atoms with E-state index in [1.165, 1.54) is 10.9 Å². The number of para-hydroxylation sites is 1. The molecule has 1 aliphatic rings. The average molecular weight is 435 g/mol. The molecule has 1 unspecified atom stereocenters. The summed E-state index contributed by atoms with van der Waals surface area (Å²) >= 11 is 0. The predicted octanol–water partition coefficient (Wildman–Crippen LogP) is 5.81. The Balaban J connectivity index is 1.38. The van der Waals surface area contributed by atoms with Crippen molar-refractivity contribution in [2.45, 2.75) is 32.6 Å². The van der Waals surface area contributed by atoms with E-state index in [1.54, 1.807) is 0 Å². The van der Waals surface area contributed by atoms with E-state index in [0.29, 0.717) is 6.04 Å². The van der Waals surface area contributed by atoms with Crippen LogP contribution in [-0.2, 0) is 6.54 Å². The van der Waals surface area contributed by atoms with E-state index in [0.717, 1.165) is 51.0 Å². The zero-order chi connectivity index (χ0) is 22.4. The molecular weight excluding hydrogens is 408 g/mol. The number of benzene rings is 3. The summed E-state index contributed by atoms with van der Waals surface area (Å²) in [6, 6.07) is 21.6. The normalized spacial score (nSPS) is 15.1. The lowest BCUT2D eigenvalue weighted by Gasteiger charge is -2.13. The number of H-pyrrole nitrogens is 1. The van der Waals surface area contributed by atoms with E-state index in [1.807, 2.05) is 18.5 Å². The standard InChI is InChI=1S/C27H26N6/c1-16(2)29-14-19-7-5-9-24-25(19)31-27(30-24)26-21-12-17(10-11-23(21)32-33-26)22-15-28-13-18-6-3-4-8-20(18)22/h3-13,15-16,27,29-31H,14H2,1-2H3,(H,32,33). The fourth-order valence-electron chi connectivity index (χ4n) is 4.59. The van der Waals surface area contributed by atoms with Gasteiger partial charge in [-0.2, -0.15) is 5.10 Å². The fraction of sp³-hybridized carbons (Fsp3) is 0.185. The Labute approximate surface area is 192 Å². The molecule has 0 fully saturated rings. The van der Waals surface area contributed by atoms with Crippen LogP contribution in [-0.4, -0.2) is 21.2 Å². The first-order valence-corrected chi connectivity index (χ1v) is 11.4. The van der Waals surface area contributed by atoms with E-state index in [4.69, 9.17) is 0 Å². The topological polar surface area (TPSA) is 77.7 Å². The lowest BCUT2D eigenvalue weighted by molar-refractivity contribution is 0.589. The second kappa shape index (κ2) is 7.90. The van der Waals surface area contributed by atoms with Gasteiger partial charge in [0.2, 0.25) is 0 Å². The highest BCUT2D eigenvalue weighted by atomic mass is 15.2. The Hall–Kier alpha value is -3.90. The van der Waals surface area contributed by atoms with Crippen LogP contribution in [0.4, 0.5) is 11.4 Å². The first-order chi connectivity index (χ1) is 16.2. The van der Waals surface area contributed by atoms with Crippen molar-refractivity contribution in [2.75, 3.05) is 10.6 Å². The van der Waals surface area contributed by atoms with E-state index in [-0.39, 0.29) is 6.17 Å². The molecule has 0 bridgehead atoms. The van der Waals surface area contributed by atoms with Crippen molar-refractivity contribution in [1.29, 1.82) is 0 Å². The molecule has 0 aliphatic carbocycles. The van der Waals surface area contributed by atoms with Crippen molar-refractivity contribution >= 4 is 33.1 Å². The molecule has 3 heterocycles. The SMILES string of the molecule is CC(C)NCc1cccc2c1NC(c1n[nH]c3ccc(-c4cncc5ccccc45)cc13)N2. The number of anilines is 2. The minimum absolute atomic E-state index is 0.102. The molecule has 4 N–H and O–H groups in total. The van der Waals surface area contributed by atoms with E-state index in [2.05, 4.69) is 99.6 Å². The quantitative estimate of drug-likeness (QED) is 0.281. The van der Waals surface area contributed by atoms with Crippen LogP contribution in [0.25, 0.3) is 32.8 Å². The summed E-state index contributed by atoms with van der Waals surface area (Å²) in [6.45, 7) is 5.15. The average Bonchev–Trinajstić information content (AvgIpc) is 3.46. The Morgan fingerprint density at radius 2 is 1.85 bits per heavy atom. The third-order valence-electron chi connectivity index (χ3n) is 6.29. The van der Waals surface area contributed by atoms with Gasteiger partial charge in [-0.15, -0.1) is 0 Å². The number of aromatic amines is 1. The van der Waals surface area contributed by atoms with Crippen LogP contribution in [0.5, 0.6) is 0 Å². The molecule has 0 amide bonds. The molecule has 1 atom stereocenters. The Morgan fingerprint density at radius 3 is 2.76 bits per heavy atom. The van der Waals surface area contributed by atoms with Gasteiger partial charge in [0.15, 0.2) is 0 Å². The van der Waals surface area contributed by atoms with Crippen molar-refractivity contribution in [3.8, 4) is 11.1 Å².